The van der Waals surface area contributed by atoms with E-state index < -0.39 is 11.9 Å². The molecule has 1 rings (SSSR count). The molecule has 0 aromatic carbocycles. The van der Waals surface area contributed by atoms with Gasteiger partial charge in [0.05, 0.1) is 5.92 Å². The van der Waals surface area contributed by atoms with Gasteiger partial charge in [0.15, 0.2) is 0 Å². The Kier molecular flexibility index (Phi) is 5.14. The lowest BCUT2D eigenvalue weighted by atomic mass is 9.81. The first-order chi connectivity index (χ1) is 8.34. The van der Waals surface area contributed by atoms with Gasteiger partial charge >= 0.3 is 5.97 Å². The summed E-state index contributed by atoms with van der Waals surface area (Å²) in [5, 5.41) is 9.25. The summed E-state index contributed by atoms with van der Waals surface area (Å²) < 4.78 is 0. The van der Waals surface area contributed by atoms with E-state index in [0.29, 0.717) is 13.0 Å². The number of carbonyl (C=O) groups excluding carboxylic acids is 1. The molecule has 3 unspecified atom stereocenters. The molecule has 0 bridgehead atoms. The number of hydrogen-bond donors (Lipinski definition) is 1. The average Bonchev–Trinajstić information content (AvgIpc) is 2.21. The molecule has 1 saturated heterocycles. The fraction of sp³-hybridized carbons (Fsp3) is 0.846. The van der Waals surface area contributed by atoms with Crippen LogP contribution in [0.2, 0.25) is 0 Å². The van der Waals surface area contributed by atoms with Crippen molar-refractivity contribution in [2.24, 2.45) is 11.8 Å². The second kappa shape index (κ2) is 6.18. The Hall–Kier alpha value is -1.10. The molecule has 0 radical (unpaired) electrons. The zero-order chi connectivity index (χ0) is 13.9. The molecule has 0 spiro atoms. The fourth-order valence-corrected chi connectivity index (χ4v) is 2.75. The molecular formula is C13H24N2O3. The zero-order valence-electron chi connectivity index (χ0n) is 11.7. The van der Waals surface area contributed by atoms with Crippen molar-refractivity contribution < 1.29 is 14.7 Å². The van der Waals surface area contributed by atoms with E-state index in [2.05, 4.69) is 4.90 Å². The average molecular weight is 256 g/mol. The molecule has 5 nitrogen and oxygen atoms in total. The van der Waals surface area contributed by atoms with Crippen LogP contribution in [0.1, 0.15) is 26.7 Å². The van der Waals surface area contributed by atoms with Crippen molar-refractivity contribution in [2.45, 2.75) is 32.7 Å². The van der Waals surface area contributed by atoms with Crippen molar-refractivity contribution in [2.75, 3.05) is 27.2 Å². The van der Waals surface area contributed by atoms with Gasteiger partial charge < -0.3 is 14.9 Å². The minimum Gasteiger partial charge on any atom is -0.481 e. The lowest BCUT2D eigenvalue weighted by Gasteiger charge is -2.41. The predicted molar refractivity (Wildman–Crippen MR) is 69.3 cm³/mol. The quantitative estimate of drug-likeness (QED) is 0.794. The molecule has 1 N–H and O–H groups in total. The number of nitrogens with zero attached hydrogens (tertiary/aromatic N) is 2. The van der Waals surface area contributed by atoms with Crippen molar-refractivity contribution in [1.82, 2.24) is 9.80 Å². The summed E-state index contributed by atoms with van der Waals surface area (Å²) in [6.07, 6.45) is 1.23. The van der Waals surface area contributed by atoms with Crippen molar-refractivity contribution in [1.29, 1.82) is 0 Å². The molecule has 0 aromatic heterocycles. The summed E-state index contributed by atoms with van der Waals surface area (Å²) in [7, 11) is 3.98. The molecule has 0 saturated carbocycles. The number of hydrogen-bond acceptors (Lipinski definition) is 3. The van der Waals surface area contributed by atoms with E-state index in [1.165, 1.54) is 0 Å². The van der Waals surface area contributed by atoms with E-state index in [0.717, 1.165) is 13.0 Å². The van der Waals surface area contributed by atoms with E-state index in [9.17, 15) is 14.7 Å². The van der Waals surface area contributed by atoms with Gasteiger partial charge in [0.1, 0.15) is 0 Å². The Balaban J connectivity index is 2.65. The van der Waals surface area contributed by atoms with Gasteiger partial charge in [-0.2, -0.15) is 0 Å². The van der Waals surface area contributed by atoms with E-state index in [-0.39, 0.29) is 17.9 Å². The van der Waals surface area contributed by atoms with Crippen LogP contribution in [0.25, 0.3) is 0 Å². The van der Waals surface area contributed by atoms with E-state index >= 15 is 0 Å². The highest BCUT2D eigenvalue weighted by Crippen LogP contribution is 2.30. The normalized spacial score (nSPS) is 28.8. The van der Waals surface area contributed by atoms with Gasteiger partial charge in [0, 0.05) is 19.0 Å². The lowest BCUT2D eigenvalue weighted by Crippen LogP contribution is -2.53. The highest BCUT2D eigenvalue weighted by molar-refractivity contribution is 5.81. The van der Waals surface area contributed by atoms with Crippen LogP contribution in [0, 0.1) is 11.8 Å². The topological polar surface area (TPSA) is 60.9 Å². The predicted octanol–water partition coefficient (Wildman–Crippen LogP) is 0.896. The molecule has 5 heteroatoms. The van der Waals surface area contributed by atoms with Gasteiger partial charge in [-0.1, -0.05) is 6.92 Å². The van der Waals surface area contributed by atoms with Gasteiger partial charge in [0.2, 0.25) is 5.91 Å². The van der Waals surface area contributed by atoms with Crippen LogP contribution in [0.4, 0.5) is 0 Å². The second-order valence-corrected chi connectivity index (χ2v) is 5.53. The van der Waals surface area contributed by atoms with Crippen LogP contribution in [0.15, 0.2) is 0 Å². The number of amides is 1. The number of aliphatic carboxylic acids is 1. The van der Waals surface area contributed by atoms with Crippen LogP contribution in [0.5, 0.6) is 0 Å². The summed E-state index contributed by atoms with van der Waals surface area (Å²) in [4.78, 5) is 27.0. The standard InChI is InChI=1S/C13H24N2O3/c1-9-8-11(16)15(7-5-6-14(3)4)10(2)12(9)13(17)18/h9-10,12H,5-8H2,1-4H3,(H,17,18). The first kappa shape index (κ1) is 15.0. The maximum Gasteiger partial charge on any atom is 0.308 e. The van der Waals surface area contributed by atoms with Crippen LogP contribution >= 0.6 is 0 Å². The summed E-state index contributed by atoms with van der Waals surface area (Å²) in [6.45, 7) is 5.25. The molecule has 0 aromatic rings. The Labute approximate surface area is 109 Å². The maximum atomic E-state index is 12.0. The Morgan fingerprint density at radius 3 is 2.56 bits per heavy atom. The largest absolute Gasteiger partial charge is 0.481 e. The molecule has 1 aliphatic rings. The third-order valence-corrected chi connectivity index (χ3v) is 3.73. The first-order valence-electron chi connectivity index (χ1n) is 6.51. The number of likely N-dealkylation sites (tertiary alicyclic amines) is 1. The molecule has 1 amide bonds. The van der Waals surface area contributed by atoms with E-state index in [1.54, 1.807) is 4.90 Å². The smallest absolute Gasteiger partial charge is 0.308 e. The first-order valence-corrected chi connectivity index (χ1v) is 6.51. The summed E-state index contributed by atoms with van der Waals surface area (Å²) >= 11 is 0. The minimum atomic E-state index is -0.792. The molecule has 1 aliphatic heterocycles. The van der Waals surface area contributed by atoms with Gasteiger partial charge in [-0.3, -0.25) is 9.59 Å². The van der Waals surface area contributed by atoms with Crippen molar-refractivity contribution >= 4 is 11.9 Å². The lowest BCUT2D eigenvalue weighted by molar-refractivity contribution is -0.154. The molecule has 104 valence electrons. The SMILES string of the molecule is CC1CC(=O)N(CCCN(C)C)C(C)C1C(=O)O. The van der Waals surface area contributed by atoms with Crippen LogP contribution < -0.4 is 0 Å². The number of piperidine rings is 1. The Morgan fingerprint density at radius 2 is 2.06 bits per heavy atom. The van der Waals surface area contributed by atoms with Crippen LogP contribution in [-0.4, -0.2) is 60.0 Å². The van der Waals surface area contributed by atoms with Gasteiger partial charge in [-0.25, -0.2) is 0 Å². The van der Waals surface area contributed by atoms with Crippen molar-refractivity contribution in [3.05, 3.63) is 0 Å². The Morgan fingerprint density at radius 1 is 1.44 bits per heavy atom. The van der Waals surface area contributed by atoms with Crippen LogP contribution in [-0.2, 0) is 9.59 Å². The maximum absolute atomic E-state index is 12.0. The van der Waals surface area contributed by atoms with E-state index in [4.69, 9.17) is 0 Å². The van der Waals surface area contributed by atoms with Gasteiger partial charge in [-0.05, 0) is 39.9 Å². The van der Waals surface area contributed by atoms with Crippen molar-refractivity contribution in [3.63, 3.8) is 0 Å². The molecule has 3 atom stereocenters. The molecule has 18 heavy (non-hydrogen) atoms. The number of carboxylic acid groups (broad SMARTS) is 1. The third kappa shape index (κ3) is 3.45. The summed E-state index contributed by atoms with van der Waals surface area (Å²) in [5.74, 6) is -1.22. The second-order valence-electron chi connectivity index (χ2n) is 5.53. The van der Waals surface area contributed by atoms with Gasteiger partial charge in [0.25, 0.3) is 0 Å². The van der Waals surface area contributed by atoms with Gasteiger partial charge in [-0.15, -0.1) is 0 Å². The van der Waals surface area contributed by atoms with E-state index in [1.807, 2.05) is 27.9 Å². The number of rotatable bonds is 5. The monoisotopic (exact) mass is 256 g/mol. The highest BCUT2D eigenvalue weighted by atomic mass is 16.4. The molecule has 1 heterocycles. The number of carboxylic acids is 1. The molecule has 0 aliphatic carbocycles. The Bertz CT molecular complexity index is 317. The highest BCUT2D eigenvalue weighted by Gasteiger charge is 2.41. The van der Waals surface area contributed by atoms with Crippen molar-refractivity contribution in [3.8, 4) is 0 Å². The van der Waals surface area contributed by atoms with Crippen LogP contribution in [0.3, 0.4) is 0 Å². The summed E-state index contributed by atoms with van der Waals surface area (Å²) in [5.41, 5.74) is 0. The summed E-state index contributed by atoms with van der Waals surface area (Å²) in [6, 6.07) is -0.207. The number of carbonyl (C=O) groups is 2. The third-order valence-electron chi connectivity index (χ3n) is 3.73. The molecular weight excluding hydrogens is 232 g/mol. The minimum absolute atomic E-state index is 0.0740. The zero-order valence-corrected chi connectivity index (χ0v) is 11.7. The molecule has 1 fully saturated rings. The fourth-order valence-electron chi connectivity index (χ4n) is 2.75.